The summed E-state index contributed by atoms with van der Waals surface area (Å²) >= 11 is 0. The Morgan fingerprint density at radius 2 is 2.00 bits per heavy atom. The van der Waals surface area contributed by atoms with Gasteiger partial charge in [0, 0.05) is 32.0 Å². The van der Waals surface area contributed by atoms with Crippen LogP contribution in [0.2, 0.25) is 0 Å². The van der Waals surface area contributed by atoms with Gasteiger partial charge in [-0.1, -0.05) is 51.8 Å². The SMILES string of the molecule is C=C/C=C(\C=C/C)N(CC)CCCOCC(CC)CCCC. The summed E-state index contributed by atoms with van der Waals surface area (Å²) in [4.78, 5) is 2.37. The Morgan fingerprint density at radius 1 is 1.23 bits per heavy atom. The summed E-state index contributed by atoms with van der Waals surface area (Å²) in [5.74, 6) is 0.737. The number of nitrogens with zero attached hydrogens (tertiary/aromatic N) is 1. The predicted octanol–water partition coefficient (Wildman–Crippen LogP) is 5.58. The normalized spacial score (nSPS) is 13.5. The van der Waals surface area contributed by atoms with Gasteiger partial charge < -0.3 is 9.64 Å². The maximum absolute atomic E-state index is 5.89. The molecule has 0 aromatic heterocycles. The molecule has 0 aliphatic carbocycles. The highest BCUT2D eigenvalue weighted by atomic mass is 16.5. The first-order valence-corrected chi connectivity index (χ1v) is 9.01. The molecule has 0 N–H and O–H groups in total. The third-order valence-corrected chi connectivity index (χ3v) is 3.99. The molecule has 2 heteroatoms. The molecule has 0 heterocycles. The van der Waals surface area contributed by atoms with Crippen LogP contribution in [0.15, 0.2) is 36.6 Å². The molecule has 0 rings (SSSR count). The summed E-state index contributed by atoms with van der Waals surface area (Å²) < 4.78 is 5.89. The highest BCUT2D eigenvalue weighted by molar-refractivity contribution is 5.21. The molecule has 0 saturated heterocycles. The predicted molar refractivity (Wildman–Crippen MR) is 99.1 cm³/mol. The molecule has 22 heavy (non-hydrogen) atoms. The number of rotatable bonds is 14. The van der Waals surface area contributed by atoms with Crippen molar-refractivity contribution in [2.24, 2.45) is 5.92 Å². The molecule has 0 aliphatic heterocycles. The number of hydrogen-bond donors (Lipinski definition) is 0. The van der Waals surface area contributed by atoms with E-state index in [0.717, 1.165) is 38.6 Å². The van der Waals surface area contributed by atoms with Gasteiger partial charge >= 0.3 is 0 Å². The third kappa shape index (κ3) is 9.83. The van der Waals surface area contributed by atoms with Crippen molar-refractivity contribution in [3.63, 3.8) is 0 Å². The van der Waals surface area contributed by atoms with Crippen LogP contribution in [-0.2, 0) is 4.74 Å². The fraction of sp³-hybridized carbons (Fsp3) is 0.700. The lowest BCUT2D eigenvalue weighted by atomic mass is 10.0. The first kappa shape index (κ1) is 21.0. The molecular formula is C20H37NO. The Morgan fingerprint density at radius 3 is 2.55 bits per heavy atom. The van der Waals surface area contributed by atoms with Crippen molar-refractivity contribution in [3.05, 3.63) is 36.6 Å². The fourth-order valence-corrected chi connectivity index (χ4v) is 2.53. The Labute approximate surface area is 138 Å². The standard InChI is InChI=1S/C20H37NO/c1-6-11-15-19(9-4)18-22-17-12-16-21(10-5)20(13-7-2)14-8-3/h7-8,13-14,19H,2,6,9-12,15-18H2,1,3-5H3/b14-8-,20-13+. The molecule has 0 fully saturated rings. The molecule has 1 atom stereocenters. The highest BCUT2D eigenvalue weighted by Crippen LogP contribution is 2.13. The van der Waals surface area contributed by atoms with E-state index in [1.54, 1.807) is 0 Å². The van der Waals surface area contributed by atoms with Crippen molar-refractivity contribution >= 4 is 0 Å². The van der Waals surface area contributed by atoms with Gasteiger partial charge in [-0.25, -0.2) is 0 Å². The van der Waals surface area contributed by atoms with Gasteiger partial charge in [-0.3, -0.25) is 0 Å². The van der Waals surface area contributed by atoms with E-state index in [-0.39, 0.29) is 0 Å². The second kappa shape index (κ2) is 14.9. The molecule has 0 aromatic carbocycles. The van der Waals surface area contributed by atoms with Crippen LogP contribution in [0.25, 0.3) is 0 Å². The van der Waals surface area contributed by atoms with Crippen LogP contribution >= 0.6 is 0 Å². The zero-order chi connectivity index (χ0) is 16.6. The summed E-state index contributed by atoms with van der Waals surface area (Å²) in [6, 6.07) is 0. The molecule has 0 bridgehead atoms. The summed E-state index contributed by atoms with van der Waals surface area (Å²) in [5.41, 5.74) is 1.23. The first-order chi connectivity index (χ1) is 10.7. The van der Waals surface area contributed by atoms with E-state index in [0.29, 0.717) is 0 Å². The van der Waals surface area contributed by atoms with Crippen molar-refractivity contribution in [1.82, 2.24) is 4.90 Å². The van der Waals surface area contributed by atoms with Gasteiger partial charge in [0.25, 0.3) is 0 Å². The zero-order valence-corrected chi connectivity index (χ0v) is 15.3. The Bertz CT molecular complexity index is 320. The van der Waals surface area contributed by atoms with Crippen LogP contribution in [0, 0.1) is 5.92 Å². The summed E-state index contributed by atoms with van der Waals surface area (Å²) in [6.07, 6.45) is 14.4. The molecule has 0 radical (unpaired) electrons. The van der Waals surface area contributed by atoms with Crippen molar-refractivity contribution in [3.8, 4) is 0 Å². The fourth-order valence-electron chi connectivity index (χ4n) is 2.53. The Balaban J connectivity index is 4.05. The van der Waals surface area contributed by atoms with Crippen LogP contribution in [-0.4, -0.2) is 31.2 Å². The quantitative estimate of drug-likeness (QED) is 0.307. The number of allylic oxidation sites excluding steroid dienone is 4. The lowest BCUT2D eigenvalue weighted by molar-refractivity contribution is 0.0879. The van der Waals surface area contributed by atoms with Gasteiger partial charge in [-0.05, 0) is 44.8 Å². The molecule has 1 unspecified atom stereocenters. The van der Waals surface area contributed by atoms with Crippen LogP contribution in [0.5, 0.6) is 0 Å². The minimum absolute atomic E-state index is 0.737. The van der Waals surface area contributed by atoms with E-state index in [1.807, 2.05) is 6.08 Å². The summed E-state index contributed by atoms with van der Waals surface area (Å²) in [6.45, 7) is 16.4. The van der Waals surface area contributed by atoms with Gasteiger partial charge in [-0.15, -0.1) is 0 Å². The summed E-state index contributed by atoms with van der Waals surface area (Å²) in [7, 11) is 0. The first-order valence-electron chi connectivity index (χ1n) is 9.01. The Hall–Kier alpha value is -1.02. The largest absolute Gasteiger partial charge is 0.381 e. The maximum atomic E-state index is 5.89. The molecule has 0 spiro atoms. The van der Waals surface area contributed by atoms with Crippen LogP contribution < -0.4 is 0 Å². The van der Waals surface area contributed by atoms with Crippen LogP contribution in [0.1, 0.15) is 59.8 Å². The van der Waals surface area contributed by atoms with Gasteiger partial charge in [-0.2, -0.15) is 0 Å². The molecule has 0 aromatic rings. The van der Waals surface area contributed by atoms with E-state index in [9.17, 15) is 0 Å². The van der Waals surface area contributed by atoms with Gasteiger partial charge in [0.1, 0.15) is 0 Å². The van der Waals surface area contributed by atoms with E-state index >= 15 is 0 Å². The Kier molecular flexibility index (Phi) is 14.2. The molecule has 2 nitrogen and oxygen atoms in total. The van der Waals surface area contributed by atoms with Crippen LogP contribution in [0.3, 0.4) is 0 Å². The van der Waals surface area contributed by atoms with Crippen LogP contribution in [0.4, 0.5) is 0 Å². The molecule has 128 valence electrons. The molecule has 0 amide bonds. The van der Waals surface area contributed by atoms with Crippen molar-refractivity contribution in [2.75, 3.05) is 26.3 Å². The second-order valence-electron chi connectivity index (χ2n) is 5.75. The molecule has 0 saturated carbocycles. The van der Waals surface area contributed by atoms with Gasteiger partial charge in [0.2, 0.25) is 0 Å². The smallest absolute Gasteiger partial charge is 0.0494 e. The van der Waals surface area contributed by atoms with Crippen molar-refractivity contribution in [1.29, 1.82) is 0 Å². The minimum atomic E-state index is 0.737. The third-order valence-electron chi connectivity index (χ3n) is 3.99. The second-order valence-corrected chi connectivity index (χ2v) is 5.75. The average molecular weight is 308 g/mol. The molecular weight excluding hydrogens is 270 g/mol. The molecule has 0 aliphatic rings. The van der Waals surface area contributed by atoms with E-state index < -0.39 is 0 Å². The van der Waals surface area contributed by atoms with Gasteiger partial charge in [0.05, 0.1) is 0 Å². The van der Waals surface area contributed by atoms with E-state index in [1.165, 1.54) is 31.4 Å². The zero-order valence-electron chi connectivity index (χ0n) is 15.3. The van der Waals surface area contributed by atoms with Crippen molar-refractivity contribution < 1.29 is 4.74 Å². The van der Waals surface area contributed by atoms with E-state index in [4.69, 9.17) is 4.74 Å². The monoisotopic (exact) mass is 307 g/mol. The van der Waals surface area contributed by atoms with Crippen molar-refractivity contribution in [2.45, 2.75) is 59.8 Å². The van der Waals surface area contributed by atoms with E-state index in [2.05, 4.69) is 57.4 Å². The highest BCUT2D eigenvalue weighted by Gasteiger charge is 2.07. The lowest BCUT2D eigenvalue weighted by Gasteiger charge is -2.24. The number of ether oxygens (including phenoxy) is 1. The van der Waals surface area contributed by atoms with Gasteiger partial charge in [0.15, 0.2) is 0 Å². The number of unbranched alkanes of at least 4 members (excludes halogenated alkanes) is 1. The topological polar surface area (TPSA) is 12.5 Å². The lowest BCUT2D eigenvalue weighted by Crippen LogP contribution is -2.24. The number of hydrogen-bond acceptors (Lipinski definition) is 2. The summed E-state index contributed by atoms with van der Waals surface area (Å²) in [5, 5.41) is 0. The maximum Gasteiger partial charge on any atom is 0.0494 e. The average Bonchev–Trinajstić information content (AvgIpc) is 2.53. The number of likely N-dealkylation sites (N-methyl/N-ethyl adjacent to an activating group) is 1. The minimum Gasteiger partial charge on any atom is -0.381 e.